The van der Waals surface area contributed by atoms with E-state index in [0.717, 1.165) is 16.5 Å². The van der Waals surface area contributed by atoms with Gasteiger partial charge in [0.1, 0.15) is 0 Å². The van der Waals surface area contributed by atoms with Gasteiger partial charge in [-0.3, -0.25) is 4.98 Å². The molecule has 3 N–H and O–H groups in total. The van der Waals surface area contributed by atoms with Crippen LogP contribution in [0, 0.1) is 0 Å². The lowest BCUT2D eigenvalue weighted by atomic mass is 10.1. The van der Waals surface area contributed by atoms with E-state index in [2.05, 4.69) is 15.6 Å². The summed E-state index contributed by atoms with van der Waals surface area (Å²) < 4.78 is 0. The van der Waals surface area contributed by atoms with Crippen molar-refractivity contribution in [2.24, 2.45) is 0 Å². The molecule has 0 aliphatic carbocycles. The average molecular weight is 273 g/mol. The van der Waals surface area contributed by atoms with Gasteiger partial charge in [0.15, 0.2) is 0 Å². The van der Waals surface area contributed by atoms with Gasteiger partial charge in [0.05, 0.1) is 5.52 Å². The number of aliphatic hydroxyl groups excluding tert-OH is 1. The van der Waals surface area contributed by atoms with Crippen molar-refractivity contribution >= 4 is 16.9 Å². The molecule has 2 rings (SSSR count). The number of carbonyl (C=O) groups excluding carboxylic acids is 1. The highest BCUT2D eigenvalue weighted by Crippen LogP contribution is 2.15. The van der Waals surface area contributed by atoms with Gasteiger partial charge in [-0.15, -0.1) is 0 Å². The van der Waals surface area contributed by atoms with E-state index in [1.165, 1.54) is 0 Å². The number of aliphatic hydroxyl groups is 1. The Balaban J connectivity index is 1.97. The van der Waals surface area contributed by atoms with Crippen LogP contribution >= 0.6 is 0 Å². The maximum Gasteiger partial charge on any atom is 0.315 e. The molecule has 0 saturated carbocycles. The van der Waals surface area contributed by atoms with E-state index in [1.807, 2.05) is 37.3 Å². The summed E-state index contributed by atoms with van der Waals surface area (Å²) in [5.74, 6) is 0. The van der Waals surface area contributed by atoms with Crippen molar-refractivity contribution in [3.63, 3.8) is 0 Å². The predicted octanol–water partition coefficient (Wildman–Crippen LogP) is 1.80. The standard InChI is InChI=1S/C15H19N3O2/c1-11(7-9-19)18-15(20)17-10-12-6-8-16-14-5-3-2-4-13(12)14/h2-6,8,11,19H,7,9-10H2,1H3,(H2,17,18,20)/t11-/m1/s1. The number of fused-ring (bicyclic) bond motifs is 1. The zero-order valence-electron chi connectivity index (χ0n) is 11.5. The number of hydrogen-bond donors (Lipinski definition) is 3. The SMILES string of the molecule is C[C@H](CCO)NC(=O)NCc1ccnc2ccccc12. The summed E-state index contributed by atoms with van der Waals surface area (Å²) in [5.41, 5.74) is 1.95. The highest BCUT2D eigenvalue weighted by Gasteiger charge is 2.07. The molecule has 2 amide bonds. The third-order valence-corrected chi connectivity index (χ3v) is 3.12. The zero-order valence-corrected chi connectivity index (χ0v) is 11.5. The van der Waals surface area contributed by atoms with Crippen LogP contribution < -0.4 is 10.6 Å². The van der Waals surface area contributed by atoms with Gasteiger partial charge >= 0.3 is 6.03 Å². The number of aromatic nitrogens is 1. The van der Waals surface area contributed by atoms with Crippen molar-refractivity contribution < 1.29 is 9.90 Å². The van der Waals surface area contributed by atoms with E-state index in [9.17, 15) is 4.79 Å². The number of carbonyl (C=O) groups is 1. The minimum absolute atomic E-state index is 0.0471. The molecule has 0 saturated heterocycles. The summed E-state index contributed by atoms with van der Waals surface area (Å²) in [5, 5.41) is 15.4. The first-order valence-electron chi connectivity index (χ1n) is 6.68. The minimum atomic E-state index is -0.230. The topological polar surface area (TPSA) is 74.2 Å². The highest BCUT2D eigenvalue weighted by atomic mass is 16.3. The van der Waals surface area contributed by atoms with E-state index in [0.29, 0.717) is 13.0 Å². The fourth-order valence-corrected chi connectivity index (χ4v) is 2.03. The predicted molar refractivity (Wildman–Crippen MR) is 78.3 cm³/mol. The number of hydrogen-bond acceptors (Lipinski definition) is 3. The first-order chi connectivity index (χ1) is 9.70. The lowest BCUT2D eigenvalue weighted by Gasteiger charge is -2.14. The Kier molecular flexibility index (Phi) is 4.90. The van der Waals surface area contributed by atoms with E-state index >= 15 is 0 Å². The molecule has 0 fully saturated rings. The van der Waals surface area contributed by atoms with Gasteiger partial charge in [-0.25, -0.2) is 4.79 Å². The van der Waals surface area contributed by atoms with Gasteiger partial charge in [0, 0.05) is 30.8 Å². The number of urea groups is 1. The van der Waals surface area contributed by atoms with Crippen LogP contribution in [0.15, 0.2) is 36.5 Å². The molecule has 0 bridgehead atoms. The third-order valence-electron chi connectivity index (χ3n) is 3.12. The summed E-state index contributed by atoms with van der Waals surface area (Å²) >= 11 is 0. The van der Waals surface area contributed by atoms with Crippen LogP contribution in [0.25, 0.3) is 10.9 Å². The number of para-hydroxylation sites is 1. The van der Waals surface area contributed by atoms with Gasteiger partial charge in [-0.05, 0) is 31.0 Å². The molecule has 1 aromatic heterocycles. The molecule has 0 unspecified atom stereocenters. The Morgan fingerprint density at radius 1 is 1.35 bits per heavy atom. The van der Waals surface area contributed by atoms with Crippen LogP contribution in [0.5, 0.6) is 0 Å². The number of amides is 2. The number of nitrogens with one attached hydrogen (secondary N) is 2. The monoisotopic (exact) mass is 273 g/mol. The normalized spacial score (nSPS) is 12.1. The molecular weight excluding hydrogens is 254 g/mol. The zero-order chi connectivity index (χ0) is 14.4. The molecule has 0 spiro atoms. The molecule has 0 aliphatic rings. The lowest BCUT2D eigenvalue weighted by molar-refractivity contribution is 0.230. The van der Waals surface area contributed by atoms with E-state index in [1.54, 1.807) is 6.20 Å². The van der Waals surface area contributed by atoms with Crippen LogP contribution in [0.2, 0.25) is 0 Å². The van der Waals surface area contributed by atoms with Gasteiger partial charge < -0.3 is 15.7 Å². The maximum absolute atomic E-state index is 11.7. The van der Waals surface area contributed by atoms with E-state index in [4.69, 9.17) is 5.11 Å². The minimum Gasteiger partial charge on any atom is -0.396 e. The van der Waals surface area contributed by atoms with Crippen LogP contribution in [0.1, 0.15) is 18.9 Å². The quantitative estimate of drug-likeness (QED) is 0.777. The highest BCUT2D eigenvalue weighted by molar-refractivity contribution is 5.82. The van der Waals surface area contributed by atoms with Gasteiger partial charge in [0.25, 0.3) is 0 Å². The number of benzene rings is 1. The molecule has 1 heterocycles. The molecule has 5 nitrogen and oxygen atoms in total. The fraction of sp³-hybridized carbons (Fsp3) is 0.333. The van der Waals surface area contributed by atoms with Gasteiger partial charge in [-0.1, -0.05) is 18.2 Å². The Hall–Kier alpha value is -2.14. The molecule has 1 aromatic carbocycles. The summed E-state index contributed by atoms with van der Waals surface area (Å²) in [6.45, 7) is 2.37. The maximum atomic E-state index is 11.7. The Bertz CT molecular complexity index is 581. The largest absolute Gasteiger partial charge is 0.396 e. The third kappa shape index (κ3) is 3.68. The van der Waals surface area contributed by atoms with Crippen LogP contribution in [-0.4, -0.2) is 28.8 Å². The first-order valence-corrected chi connectivity index (χ1v) is 6.68. The molecule has 106 valence electrons. The van der Waals surface area contributed by atoms with Gasteiger partial charge in [0.2, 0.25) is 0 Å². The van der Waals surface area contributed by atoms with Crippen molar-refractivity contribution in [1.82, 2.24) is 15.6 Å². The molecule has 0 radical (unpaired) electrons. The smallest absolute Gasteiger partial charge is 0.315 e. The van der Waals surface area contributed by atoms with Crippen molar-refractivity contribution in [3.05, 3.63) is 42.1 Å². The number of rotatable bonds is 5. The van der Waals surface area contributed by atoms with Crippen LogP contribution in [0.4, 0.5) is 4.79 Å². The van der Waals surface area contributed by atoms with Crippen molar-refractivity contribution in [3.8, 4) is 0 Å². The van der Waals surface area contributed by atoms with Crippen LogP contribution in [-0.2, 0) is 6.54 Å². The summed E-state index contributed by atoms with van der Waals surface area (Å²) in [7, 11) is 0. The van der Waals surface area contributed by atoms with Crippen molar-refractivity contribution in [2.75, 3.05) is 6.61 Å². The van der Waals surface area contributed by atoms with Crippen molar-refractivity contribution in [2.45, 2.75) is 25.9 Å². The second-order valence-corrected chi connectivity index (χ2v) is 4.73. The fourth-order valence-electron chi connectivity index (χ4n) is 2.03. The molecule has 2 aromatic rings. The number of nitrogens with zero attached hydrogens (tertiary/aromatic N) is 1. The Morgan fingerprint density at radius 3 is 2.95 bits per heavy atom. The Morgan fingerprint density at radius 2 is 2.15 bits per heavy atom. The number of pyridine rings is 1. The molecule has 20 heavy (non-hydrogen) atoms. The van der Waals surface area contributed by atoms with E-state index < -0.39 is 0 Å². The molecule has 1 atom stereocenters. The second kappa shape index (κ2) is 6.86. The first kappa shape index (κ1) is 14.3. The summed E-state index contributed by atoms with van der Waals surface area (Å²) in [6.07, 6.45) is 2.29. The summed E-state index contributed by atoms with van der Waals surface area (Å²) in [6, 6.07) is 9.46. The van der Waals surface area contributed by atoms with Gasteiger partial charge in [-0.2, -0.15) is 0 Å². The Labute approximate surface area is 118 Å². The van der Waals surface area contributed by atoms with Crippen LogP contribution in [0.3, 0.4) is 0 Å². The summed E-state index contributed by atoms with van der Waals surface area (Å²) in [4.78, 5) is 16.0. The second-order valence-electron chi connectivity index (χ2n) is 4.73. The lowest BCUT2D eigenvalue weighted by Crippen LogP contribution is -2.40. The van der Waals surface area contributed by atoms with E-state index in [-0.39, 0.29) is 18.7 Å². The van der Waals surface area contributed by atoms with Crippen molar-refractivity contribution in [1.29, 1.82) is 0 Å². The molecule has 0 aliphatic heterocycles. The average Bonchev–Trinajstić information content (AvgIpc) is 2.45. The molecule has 5 heteroatoms. The molecular formula is C15H19N3O2.